The number of nitrogens with zero attached hydrogens (tertiary/aromatic N) is 2. The molecule has 20 heavy (non-hydrogen) atoms. The van der Waals surface area contributed by atoms with Gasteiger partial charge in [-0.05, 0) is 26.0 Å². The molecular formula is C14H22N4O2. The Bertz CT molecular complexity index is 472. The van der Waals surface area contributed by atoms with Crippen molar-refractivity contribution < 1.29 is 4.92 Å². The summed E-state index contributed by atoms with van der Waals surface area (Å²) in [4.78, 5) is 12.6. The highest BCUT2D eigenvalue weighted by Gasteiger charge is 2.18. The second-order valence-corrected chi connectivity index (χ2v) is 5.37. The summed E-state index contributed by atoms with van der Waals surface area (Å²) in [5, 5.41) is 13.9. The molecule has 0 aromatic heterocycles. The monoisotopic (exact) mass is 278 g/mol. The number of hydrogen-bond donors (Lipinski definition) is 2. The van der Waals surface area contributed by atoms with Gasteiger partial charge in [0.2, 0.25) is 0 Å². The number of anilines is 2. The minimum Gasteiger partial charge on any atom is -0.397 e. The minimum absolute atomic E-state index is 0.0242. The Morgan fingerprint density at radius 1 is 1.45 bits per heavy atom. The Morgan fingerprint density at radius 2 is 2.15 bits per heavy atom. The maximum atomic E-state index is 10.6. The fourth-order valence-corrected chi connectivity index (χ4v) is 2.72. The topological polar surface area (TPSA) is 84.4 Å². The molecule has 0 heterocycles. The lowest BCUT2D eigenvalue weighted by molar-refractivity contribution is -0.384. The summed E-state index contributed by atoms with van der Waals surface area (Å²) >= 11 is 0. The smallest absolute Gasteiger partial charge is 0.271 e. The summed E-state index contributed by atoms with van der Waals surface area (Å²) < 4.78 is 0. The van der Waals surface area contributed by atoms with Gasteiger partial charge in [0, 0.05) is 31.3 Å². The van der Waals surface area contributed by atoms with Crippen LogP contribution in [0.3, 0.4) is 0 Å². The molecule has 0 atom stereocenters. The van der Waals surface area contributed by atoms with Crippen LogP contribution in [0.4, 0.5) is 17.1 Å². The molecule has 1 aromatic carbocycles. The average Bonchev–Trinajstić information content (AvgIpc) is 2.94. The number of nitrogen functional groups attached to an aromatic ring is 1. The van der Waals surface area contributed by atoms with E-state index in [0.29, 0.717) is 11.7 Å². The van der Waals surface area contributed by atoms with Gasteiger partial charge in [0.25, 0.3) is 5.69 Å². The van der Waals surface area contributed by atoms with Crippen molar-refractivity contribution in [3.8, 4) is 0 Å². The van der Waals surface area contributed by atoms with Crippen molar-refractivity contribution in [3.05, 3.63) is 28.3 Å². The summed E-state index contributed by atoms with van der Waals surface area (Å²) in [5.74, 6) is 0. The van der Waals surface area contributed by atoms with Crippen LogP contribution in [-0.2, 0) is 0 Å². The van der Waals surface area contributed by atoms with Gasteiger partial charge in [0.1, 0.15) is 0 Å². The zero-order valence-electron chi connectivity index (χ0n) is 11.8. The molecule has 0 amide bonds. The van der Waals surface area contributed by atoms with Gasteiger partial charge in [-0.3, -0.25) is 10.1 Å². The van der Waals surface area contributed by atoms with Crippen LogP contribution in [-0.4, -0.2) is 36.0 Å². The van der Waals surface area contributed by atoms with Crippen LogP contribution < -0.4 is 11.1 Å². The first-order chi connectivity index (χ1) is 9.58. The highest BCUT2D eigenvalue weighted by atomic mass is 16.6. The van der Waals surface area contributed by atoms with Crippen LogP contribution in [0.15, 0.2) is 18.2 Å². The van der Waals surface area contributed by atoms with Gasteiger partial charge in [-0.25, -0.2) is 0 Å². The van der Waals surface area contributed by atoms with E-state index in [1.807, 2.05) is 0 Å². The number of non-ortho nitro benzene ring substituents is 1. The molecule has 3 N–H and O–H groups in total. The Hall–Kier alpha value is -1.82. The van der Waals surface area contributed by atoms with Crippen molar-refractivity contribution in [3.63, 3.8) is 0 Å². The van der Waals surface area contributed by atoms with E-state index in [1.165, 1.54) is 37.8 Å². The van der Waals surface area contributed by atoms with E-state index in [-0.39, 0.29) is 5.69 Å². The number of likely N-dealkylation sites (N-methyl/N-ethyl adjacent to an activating group) is 1. The molecule has 1 aliphatic rings. The van der Waals surface area contributed by atoms with Crippen molar-refractivity contribution in [2.75, 3.05) is 31.2 Å². The molecular weight excluding hydrogens is 256 g/mol. The summed E-state index contributed by atoms with van der Waals surface area (Å²) in [6.07, 6.45) is 5.24. The number of hydrogen-bond acceptors (Lipinski definition) is 5. The van der Waals surface area contributed by atoms with Crippen LogP contribution >= 0.6 is 0 Å². The normalized spacial score (nSPS) is 15.7. The summed E-state index contributed by atoms with van der Waals surface area (Å²) in [5.41, 5.74) is 7.02. The molecule has 0 aliphatic heterocycles. The fraction of sp³-hybridized carbons (Fsp3) is 0.571. The Balaban J connectivity index is 1.83. The molecule has 0 spiro atoms. The Kier molecular flexibility index (Phi) is 4.79. The predicted molar refractivity (Wildman–Crippen MR) is 80.9 cm³/mol. The van der Waals surface area contributed by atoms with E-state index >= 15 is 0 Å². The molecule has 0 saturated heterocycles. The van der Waals surface area contributed by atoms with Crippen LogP contribution in [0.2, 0.25) is 0 Å². The summed E-state index contributed by atoms with van der Waals surface area (Å²) in [7, 11) is 2.15. The van der Waals surface area contributed by atoms with Gasteiger partial charge in [-0.2, -0.15) is 0 Å². The molecule has 6 nitrogen and oxygen atoms in total. The lowest BCUT2D eigenvalue weighted by Crippen LogP contribution is -2.33. The van der Waals surface area contributed by atoms with E-state index < -0.39 is 4.92 Å². The quantitative estimate of drug-likeness (QED) is 0.474. The number of benzene rings is 1. The van der Waals surface area contributed by atoms with Crippen molar-refractivity contribution in [1.82, 2.24) is 4.90 Å². The summed E-state index contributed by atoms with van der Waals surface area (Å²) in [6, 6.07) is 5.23. The SMILES string of the molecule is CN(CCNc1ccc([N+](=O)[O-])cc1N)C1CCCC1. The number of nitro groups is 1. The summed E-state index contributed by atoms with van der Waals surface area (Å²) in [6.45, 7) is 1.73. The molecule has 1 aromatic rings. The van der Waals surface area contributed by atoms with E-state index in [1.54, 1.807) is 6.07 Å². The minimum atomic E-state index is -0.436. The molecule has 110 valence electrons. The van der Waals surface area contributed by atoms with Crippen molar-refractivity contribution in [1.29, 1.82) is 0 Å². The average molecular weight is 278 g/mol. The molecule has 6 heteroatoms. The van der Waals surface area contributed by atoms with Gasteiger partial charge in [-0.1, -0.05) is 12.8 Å². The van der Waals surface area contributed by atoms with Gasteiger partial charge in [0.15, 0.2) is 0 Å². The molecule has 1 saturated carbocycles. The molecule has 1 aliphatic carbocycles. The van der Waals surface area contributed by atoms with Crippen molar-refractivity contribution in [2.24, 2.45) is 0 Å². The Labute approximate surface area is 119 Å². The van der Waals surface area contributed by atoms with E-state index in [0.717, 1.165) is 18.8 Å². The molecule has 0 bridgehead atoms. The maximum Gasteiger partial charge on any atom is 0.271 e. The second-order valence-electron chi connectivity index (χ2n) is 5.37. The fourth-order valence-electron chi connectivity index (χ4n) is 2.72. The number of rotatable bonds is 6. The first kappa shape index (κ1) is 14.6. The third-order valence-electron chi connectivity index (χ3n) is 3.97. The standard InChI is InChI=1S/C14H22N4O2/c1-17(11-4-2-3-5-11)9-8-16-14-7-6-12(18(19)20)10-13(14)15/h6-7,10-11,16H,2-5,8-9,15H2,1H3. The van der Waals surface area contributed by atoms with Crippen LogP contribution in [0.25, 0.3) is 0 Å². The van der Waals surface area contributed by atoms with Crippen LogP contribution in [0.1, 0.15) is 25.7 Å². The largest absolute Gasteiger partial charge is 0.397 e. The third kappa shape index (κ3) is 3.60. The van der Waals surface area contributed by atoms with E-state index in [2.05, 4.69) is 17.3 Å². The van der Waals surface area contributed by atoms with Crippen LogP contribution in [0.5, 0.6) is 0 Å². The molecule has 2 rings (SSSR count). The predicted octanol–water partition coefficient (Wildman–Crippen LogP) is 2.46. The zero-order valence-corrected chi connectivity index (χ0v) is 11.8. The van der Waals surface area contributed by atoms with Gasteiger partial charge in [0.05, 0.1) is 16.3 Å². The first-order valence-electron chi connectivity index (χ1n) is 7.06. The molecule has 0 radical (unpaired) electrons. The van der Waals surface area contributed by atoms with E-state index in [4.69, 9.17) is 5.73 Å². The second kappa shape index (κ2) is 6.56. The van der Waals surface area contributed by atoms with Gasteiger partial charge < -0.3 is 16.0 Å². The van der Waals surface area contributed by atoms with E-state index in [9.17, 15) is 10.1 Å². The van der Waals surface area contributed by atoms with Crippen molar-refractivity contribution in [2.45, 2.75) is 31.7 Å². The zero-order chi connectivity index (χ0) is 14.5. The van der Waals surface area contributed by atoms with Gasteiger partial charge in [-0.15, -0.1) is 0 Å². The van der Waals surface area contributed by atoms with Crippen molar-refractivity contribution >= 4 is 17.1 Å². The van der Waals surface area contributed by atoms with Gasteiger partial charge >= 0.3 is 0 Å². The number of nitro benzene ring substituents is 1. The lowest BCUT2D eigenvalue weighted by Gasteiger charge is -2.24. The first-order valence-corrected chi connectivity index (χ1v) is 7.06. The number of nitrogens with one attached hydrogen (secondary N) is 1. The van der Waals surface area contributed by atoms with Crippen LogP contribution in [0, 0.1) is 10.1 Å². The number of nitrogens with two attached hydrogens (primary N) is 1. The maximum absolute atomic E-state index is 10.6. The highest BCUT2D eigenvalue weighted by molar-refractivity contribution is 5.69. The molecule has 1 fully saturated rings. The third-order valence-corrected chi connectivity index (χ3v) is 3.97. The highest BCUT2D eigenvalue weighted by Crippen LogP contribution is 2.24. The molecule has 0 unspecified atom stereocenters. The Morgan fingerprint density at radius 3 is 2.75 bits per heavy atom. The lowest BCUT2D eigenvalue weighted by atomic mass is 10.2.